The second-order valence-electron chi connectivity index (χ2n) is 1.03. The van der Waals surface area contributed by atoms with Gasteiger partial charge in [-0.2, -0.15) is 0 Å². The van der Waals surface area contributed by atoms with Gasteiger partial charge in [-0.05, 0) is 18.1 Å². The monoisotopic (exact) mass is 120 g/mol. The minimum absolute atomic E-state index is 1.02. The van der Waals surface area contributed by atoms with E-state index >= 15 is 0 Å². The summed E-state index contributed by atoms with van der Waals surface area (Å²) in [6.07, 6.45) is 2.18. The lowest BCUT2D eigenvalue weighted by molar-refractivity contribution is 0.972. The van der Waals surface area contributed by atoms with Gasteiger partial charge in [-0.1, -0.05) is 24.1 Å². The molecule has 0 fully saturated rings. The summed E-state index contributed by atoms with van der Waals surface area (Å²) in [5.74, 6) is 1.08. The van der Waals surface area contributed by atoms with E-state index in [4.69, 9.17) is 0 Å². The molecule has 0 aromatic rings. The van der Waals surface area contributed by atoms with E-state index in [1.165, 1.54) is 10.8 Å². The molecule has 0 atom stereocenters. The van der Waals surface area contributed by atoms with E-state index in [1.54, 1.807) is 0 Å². The molecule has 0 spiro atoms. The highest BCUT2D eigenvalue weighted by Crippen LogP contribution is 2.06. The fourth-order valence-corrected chi connectivity index (χ4v) is 0.837. The quantitative estimate of drug-likeness (QED) is 0.407. The Labute approximate surface area is 48.5 Å². The van der Waals surface area contributed by atoms with Crippen LogP contribution in [-0.4, -0.2) is 5.75 Å². The summed E-state index contributed by atoms with van der Waals surface area (Å²) in [6.45, 7) is 3.66. The molecular formula is C4H8S2. The standard InChI is InChI=1S/C4H8S2/c1-2-3-4-6-5/h1-4H2. The number of rotatable bonds is 3. The second kappa shape index (κ2) is 5.70. The molecule has 0 heterocycles. The van der Waals surface area contributed by atoms with E-state index in [2.05, 4.69) is 18.6 Å². The SMILES string of the molecule is [CH2]CCCS[S]. The molecule has 0 bridgehead atoms. The number of unbranched alkanes of at least 4 members (excludes halogenated alkanes) is 1. The van der Waals surface area contributed by atoms with Crippen molar-refractivity contribution >= 4 is 22.5 Å². The molecule has 0 saturated heterocycles. The molecule has 6 heavy (non-hydrogen) atoms. The molecule has 2 radical (unpaired) electrons. The largest absolute Gasteiger partial charge is 0.0817 e. The molecule has 2 heteroatoms. The Morgan fingerprint density at radius 3 is 2.50 bits per heavy atom. The molecule has 36 valence electrons. The van der Waals surface area contributed by atoms with Crippen LogP contribution in [0, 0.1) is 6.92 Å². The average Bonchev–Trinajstić information content (AvgIpc) is 1.61. The maximum absolute atomic E-state index is 4.61. The summed E-state index contributed by atoms with van der Waals surface area (Å²) in [5, 5.41) is 0. The Morgan fingerprint density at radius 2 is 2.33 bits per heavy atom. The van der Waals surface area contributed by atoms with Crippen molar-refractivity contribution in [2.45, 2.75) is 12.8 Å². The number of hydrogen-bond donors (Lipinski definition) is 0. The van der Waals surface area contributed by atoms with Crippen molar-refractivity contribution in [3.8, 4) is 0 Å². The van der Waals surface area contributed by atoms with Gasteiger partial charge in [0.1, 0.15) is 0 Å². The van der Waals surface area contributed by atoms with E-state index in [9.17, 15) is 0 Å². The predicted molar refractivity (Wildman–Crippen MR) is 34.6 cm³/mol. The van der Waals surface area contributed by atoms with Crippen LogP contribution in [0.2, 0.25) is 0 Å². The summed E-state index contributed by atoms with van der Waals surface area (Å²) in [4.78, 5) is 0. The average molecular weight is 120 g/mol. The molecule has 0 rings (SSSR count). The maximum atomic E-state index is 4.61. The molecule has 0 aliphatic heterocycles. The van der Waals surface area contributed by atoms with Gasteiger partial charge in [0.25, 0.3) is 0 Å². The van der Waals surface area contributed by atoms with E-state index < -0.39 is 0 Å². The summed E-state index contributed by atoms with van der Waals surface area (Å²) in [5.41, 5.74) is 0. The first-order valence-corrected chi connectivity index (χ1v) is 3.87. The summed E-state index contributed by atoms with van der Waals surface area (Å²) < 4.78 is 0. The Balaban J connectivity index is 2.34. The van der Waals surface area contributed by atoms with Gasteiger partial charge in [-0.3, -0.25) is 0 Å². The van der Waals surface area contributed by atoms with Gasteiger partial charge in [0.05, 0.1) is 0 Å². The lowest BCUT2D eigenvalue weighted by Gasteiger charge is -1.84. The third-order valence-corrected chi connectivity index (χ3v) is 1.43. The topological polar surface area (TPSA) is 0 Å². The predicted octanol–water partition coefficient (Wildman–Crippen LogP) is 2.45. The fraction of sp³-hybridized carbons (Fsp3) is 0.750. The minimum Gasteiger partial charge on any atom is -0.0817 e. The lowest BCUT2D eigenvalue weighted by Crippen LogP contribution is -1.69. The number of hydrogen-bond acceptors (Lipinski definition) is 1. The Kier molecular flexibility index (Phi) is 6.36. The van der Waals surface area contributed by atoms with Crippen LogP contribution in [0.1, 0.15) is 12.8 Å². The van der Waals surface area contributed by atoms with E-state index in [-0.39, 0.29) is 0 Å². The van der Waals surface area contributed by atoms with Gasteiger partial charge >= 0.3 is 0 Å². The zero-order chi connectivity index (χ0) is 4.83. The van der Waals surface area contributed by atoms with Gasteiger partial charge in [0, 0.05) is 5.75 Å². The lowest BCUT2D eigenvalue weighted by atomic mass is 10.4. The third kappa shape index (κ3) is 4.70. The van der Waals surface area contributed by atoms with E-state index in [0.29, 0.717) is 0 Å². The molecule has 0 aromatic heterocycles. The zero-order valence-electron chi connectivity index (χ0n) is 3.64. The van der Waals surface area contributed by atoms with Gasteiger partial charge in [-0.25, -0.2) is 0 Å². The Morgan fingerprint density at radius 1 is 1.67 bits per heavy atom. The van der Waals surface area contributed by atoms with Crippen LogP contribution in [0.25, 0.3) is 0 Å². The normalized spacial score (nSPS) is 9.00. The fourth-order valence-electron chi connectivity index (χ4n) is 0.161. The molecular weight excluding hydrogens is 112 g/mol. The van der Waals surface area contributed by atoms with Crippen LogP contribution in [0.5, 0.6) is 0 Å². The summed E-state index contributed by atoms with van der Waals surface area (Å²) >= 11 is 4.61. The minimum atomic E-state index is 1.02. The van der Waals surface area contributed by atoms with Crippen LogP contribution in [0.15, 0.2) is 0 Å². The smallest absolute Gasteiger partial charge is 0.00454 e. The first kappa shape index (κ1) is 6.70. The summed E-state index contributed by atoms with van der Waals surface area (Å²) in [6, 6.07) is 0. The first-order chi connectivity index (χ1) is 2.91. The van der Waals surface area contributed by atoms with Crippen molar-refractivity contribution in [1.29, 1.82) is 0 Å². The molecule has 0 aliphatic rings. The Bertz CT molecular complexity index is 17.5. The van der Waals surface area contributed by atoms with Crippen LogP contribution in [0.4, 0.5) is 0 Å². The molecule has 0 saturated carbocycles. The van der Waals surface area contributed by atoms with Crippen molar-refractivity contribution in [2.24, 2.45) is 0 Å². The van der Waals surface area contributed by atoms with E-state index in [1.807, 2.05) is 0 Å². The zero-order valence-corrected chi connectivity index (χ0v) is 5.28. The molecule has 0 N–H and O–H groups in total. The van der Waals surface area contributed by atoms with Crippen molar-refractivity contribution in [2.75, 3.05) is 5.75 Å². The molecule has 0 aliphatic carbocycles. The molecule has 0 amide bonds. The van der Waals surface area contributed by atoms with Crippen molar-refractivity contribution in [3.05, 3.63) is 6.92 Å². The highest BCUT2D eigenvalue weighted by atomic mass is 33.1. The van der Waals surface area contributed by atoms with Gasteiger partial charge in [0.2, 0.25) is 0 Å². The molecule has 0 aromatic carbocycles. The molecule has 0 unspecified atom stereocenters. The van der Waals surface area contributed by atoms with Crippen molar-refractivity contribution in [1.82, 2.24) is 0 Å². The van der Waals surface area contributed by atoms with Crippen LogP contribution < -0.4 is 0 Å². The maximum Gasteiger partial charge on any atom is 0.00454 e. The third-order valence-electron chi connectivity index (χ3n) is 0.478. The highest BCUT2D eigenvalue weighted by molar-refractivity contribution is 8.68. The Hall–Kier alpha value is 0.700. The van der Waals surface area contributed by atoms with Crippen molar-refractivity contribution < 1.29 is 0 Å². The van der Waals surface area contributed by atoms with Crippen molar-refractivity contribution in [3.63, 3.8) is 0 Å². The van der Waals surface area contributed by atoms with E-state index in [0.717, 1.165) is 18.6 Å². The first-order valence-electron chi connectivity index (χ1n) is 1.96. The van der Waals surface area contributed by atoms with Crippen LogP contribution >= 0.6 is 22.5 Å². The molecule has 0 nitrogen and oxygen atoms in total. The van der Waals surface area contributed by atoms with Crippen LogP contribution in [-0.2, 0) is 0 Å². The van der Waals surface area contributed by atoms with Gasteiger partial charge < -0.3 is 0 Å². The second-order valence-corrected chi connectivity index (χ2v) is 2.38. The van der Waals surface area contributed by atoms with Gasteiger partial charge in [-0.15, -0.1) is 0 Å². The highest BCUT2D eigenvalue weighted by Gasteiger charge is 1.77. The van der Waals surface area contributed by atoms with Crippen LogP contribution in [0.3, 0.4) is 0 Å². The van der Waals surface area contributed by atoms with Gasteiger partial charge in [0.15, 0.2) is 0 Å². The summed E-state index contributed by atoms with van der Waals surface area (Å²) in [7, 11) is 1.47.